The van der Waals surface area contributed by atoms with Crippen molar-refractivity contribution in [1.29, 1.82) is 0 Å². The Morgan fingerprint density at radius 2 is 1.93 bits per heavy atom. The first-order valence-corrected chi connectivity index (χ1v) is 9.13. The van der Waals surface area contributed by atoms with E-state index in [1.807, 2.05) is 61.2 Å². The van der Waals surface area contributed by atoms with E-state index in [4.69, 9.17) is 4.74 Å². The Balaban J connectivity index is 1.60. The normalized spacial score (nSPS) is 12.4. The zero-order valence-corrected chi connectivity index (χ0v) is 15.7. The fraction of sp³-hybridized carbons (Fsp3) is 0.333. The van der Waals surface area contributed by atoms with E-state index in [1.54, 1.807) is 6.07 Å². The SMILES string of the molecule is CCN(Cc1nc2ccccc2c(=O)[nH]1)CC(O)COc1ccc(C)cc1. The van der Waals surface area contributed by atoms with Crippen LogP contribution in [0.2, 0.25) is 0 Å². The van der Waals surface area contributed by atoms with Gasteiger partial charge in [0.1, 0.15) is 24.3 Å². The molecule has 0 spiro atoms. The van der Waals surface area contributed by atoms with Crippen molar-refractivity contribution in [3.05, 3.63) is 70.3 Å². The average Bonchev–Trinajstić information content (AvgIpc) is 2.67. The van der Waals surface area contributed by atoms with Crippen LogP contribution in [0.3, 0.4) is 0 Å². The molecule has 1 atom stereocenters. The Kier molecular flexibility index (Phi) is 6.21. The molecular weight excluding hydrogens is 342 g/mol. The highest BCUT2D eigenvalue weighted by molar-refractivity contribution is 5.77. The minimum absolute atomic E-state index is 0.144. The van der Waals surface area contributed by atoms with Gasteiger partial charge >= 0.3 is 0 Å². The number of hydrogen-bond acceptors (Lipinski definition) is 5. The number of hydrogen-bond donors (Lipinski definition) is 2. The van der Waals surface area contributed by atoms with Crippen LogP contribution in [-0.4, -0.2) is 45.8 Å². The second-order valence-electron chi connectivity index (χ2n) is 6.64. The predicted octanol–water partition coefficient (Wildman–Crippen LogP) is 2.49. The summed E-state index contributed by atoms with van der Waals surface area (Å²) in [5.74, 6) is 1.33. The van der Waals surface area contributed by atoms with Crippen LogP contribution in [0.1, 0.15) is 18.3 Å². The van der Waals surface area contributed by atoms with E-state index in [0.717, 1.165) is 17.9 Å². The Labute approximate surface area is 158 Å². The van der Waals surface area contributed by atoms with Gasteiger partial charge in [-0.05, 0) is 37.7 Å². The van der Waals surface area contributed by atoms with Crippen LogP contribution in [-0.2, 0) is 6.54 Å². The van der Waals surface area contributed by atoms with Gasteiger partial charge < -0.3 is 14.8 Å². The number of rotatable bonds is 8. The molecule has 0 fully saturated rings. The molecule has 6 heteroatoms. The molecule has 1 heterocycles. The molecule has 0 saturated heterocycles. The Bertz CT molecular complexity index is 937. The summed E-state index contributed by atoms with van der Waals surface area (Å²) in [4.78, 5) is 21.6. The van der Waals surface area contributed by atoms with Gasteiger partial charge in [0.15, 0.2) is 0 Å². The first-order chi connectivity index (χ1) is 13.0. The van der Waals surface area contributed by atoms with Crippen molar-refractivity contribution >= 4 is 10.9 Å². The van der Waals surface area contributed by atoms with Crippen molar-refractivity contribution in [2.45, 2.75) is 26.5 Å². The molecule has 3 rings (SSSR count). The van der Waals surface area contributed by atoms with E-state index in [0.29, 0.717) is 29.8 Å². The fourth-order valence-corrected chi connectivity index (χ4v) is 2.90. The Morgan fingerprint density at radius 1 is 1.19 bits per heavy atom. The van der Waals surface area contributed by atoms with Crippen LogP contribution in [0.25, 0.3) is 10.9 Å². The lowest BCUT2D eigenvalue weighted by atomic mass is 10.2. The number of likely N-dealkylation sites (N-methyl/N-ethyl adjacent to an activating group) is 1. The van der Waals surface area contributed by atoms with Gasteiger partial charge in [-0.1, -0.05) is 36.8 Å². The third-order valence-electron chi connectivity index (χ3n) is 4.41. The van der Waals surface area contributed by atoms with Crippen molar-refractivity contribution in [1.82, 2.24) is 14.9 Å². The van der Waals surface area contributed by atoms with E-state index in [1.165, 1.54) is 0 Å². The number of fused-ring (bicyclic) bond motifs is 1. The van der Waals surface area contributed by atoms with Crippen LogP contribution in [0.4, 0.5) is 0 Å². The van der Waals surface area contributed by atoms with E-state index < -0.39 is 6.10 Å². The van der Waals surface area contributed by atoms with Crippen molar-refractivity contribution in [3.63, 3.8) is 0 Å². The van der Waals surface area contributed by atoms with E-state index in [9.17, 15) is 9.90 Å². The number of aromatic amines is 1. The zero-order chi connectivity index (χ0) is 19.2. The van der Waals surface area contributed by atoms with Crippen molar-refractivity contribution in [2.24, 2.45) is 0 Å². The van der Waals surface area contributed by atoms with Crippen molar-refractivity contribution < 1.29 is 9.84 Å². The molecule has 0 bridgehead atoms. The molecule has 1 unspecified atom stereocenters. The highest BCUT2D eigenvalue weighted by Crippen LogP contribution is 2.12. The van der Waals surface area contributed by atoms with Crippen LogP contribution in [0.15, 0.2) is 53.3 Å². The summed E-state index contributed by atoms with van der Waals surface area (Å²) in [5.41, 5.74) is 1.70. The monoisotopic (exact) mass is 367 g/mol. The van der Waals surface area contributed by atoms with Crippen LogP contribution in [0, 0.1) is 6.92 Å². The standard InChI is InChI=1S/C21H25N3O3/c1-3-24(12-16(25)14-27-17-10-8-15(2)9-11-17)13-20-22-19-7-5-4-6-18(19)21(26)23-20/h4-11,16,25H,3,12-14H2,1-2H3,(H,22,23,26). The summed E-state index contributed by atoms with van der Waals surface area (Å²) >= 11 is 0. The van der Waals surface area contributed by atoms with Gasteiger partial charge in [0.2, 0.25) is 0 Å². The molecule has 0 saturated carbocycles. The second kappa shape index (κ2) is 8.79. The first-order valence-electron chi connectivity index (χ1n) is 9.13. The highest BCUT2D eigenvalue weighted by atomic mass is 16.5. The maximum Gasteiger partial charge on any atom is 0.258 e. The molecule has 142 valence electrons. The second-order valence-corrected chi connectivity index (χ2v) is 6.64. The number of H-pyrrole nitrogens is 1. The van der Waals surface area contributed by atoms with Gasteiger partial charge in [0.25, 0.3) is 5.56 Å². The lowest BCUT2D eigenvalue weighted by Gasteiger charge is -2.23. The third-order valence-corrected chi connectivity index (χ3v) is 4.41. The largest absolute Gasteiger partial charge is 0.491 e. The van der Waals surface area contributed by atoms with Gasteiger partial charge in [-0.25, -0.2) is 4.98 Å². The van der Waals surface area contributed by atoms with Crippen molar-refractivity contribution in [2.75, 3.05) is 19.7 Å². The molecule has 6 nitrogen and oxygen atoms in total. The molecule has 0 aliphatic heterocycles. The van der Waals surface area contributed by atoms with E-state index in [2.05, 4.69) is 9.97 Å². The van der Waals surface area contributed by atoms with Crippen LogP contribution >= 0.6 is 0 Å². The molecule has 2 aromatic carbocycles. The summed E-state index contributed by atoms with van der Waals surface area (Å²) in [5, 5.41) is 10.9. The average molecular weight is 367 g/mol. The van der Waals surface area contributed by atoms with E-state index >= 15 is 0 Å². The third kappa shape index (κ3) is 5.15. The summed E-state index contributed by atoms with van der Waals surface area (Å²) in [7, 11) is 0. The number of para-hydroxylation sites is 1. The molecule has 0 radical (unpaired) electrons. The number of nitrogens with one attached hydrogen (secondary N) is 1. The number of aliphatic hydroxyl groups excluding tert-OH is 1. The topological polar surface area (TPSA) is 78.5 Å². The quantitative estimate of drug-likeness (QED) is 0.640. The van der Waals surface area contributed by atoms with Crippen molar-refractivity contribution in [3.8, 4) is 5.75 Å². The number of aliphatic hydroxyl groups is 1. The number of aromatic nitrogens is 2. The molecule has 1 aromatic heterocycles. The van der Waals surface area contributed by atoms with Crippen LogP contribution in [0.5, 0.6) is 5.75 Å². The maximum absolute atomic E-state index is 12.2. The summed E-state index contributed by atoms with van der Waals surface area (Å²) in [6.45, 7) is 5.84. The Hall–Kier alpha value is -2.70. The number of ether oxygens (including phenoxy) is 1. The van der Waals surface area contributed by atoms with Gasteiger partial charge in [-0.15, -0.1) is 0 Å². The van der Waals surface area contributed by atoms with Gasteiger partial charge in [-0.3, -0.25) is 9.69 Å². The van der Waals surface area contributed by atoms with Crippen LogP contribution < -0.4 is 10.3 Å². The summed E-state index contributed by atoms with van der Waals surface area (Å²) in [6.07, 6.45) is -0.640. The lowest BCUT2D eigenvalue weighted by Crippen LogP contribution is -2.36. The molecular formula is C21H25N3O3. The number of nitrogens with zero attached hydrogens (tertiary/aromatic N) is 2. The Morgan fingerprint density at radius 3 is 2.67 bits per heavy atom. The summed E-state index contributed by atoms with van der Waals surface area (Å²) in [6, 6.07) is 15.0. The zero-order valence-electron chi connectivity index (χ0n) is 15.7. The highest BCUT2D eigenvalue weighted by Gasteiger charge is 2.13. The minimum Gasteiger partial charge on any atom is -0.491 e. The predicted molar refractivity (Wildman–Crippen MR) is 106 cm³/mol. The smallest absolute Gasteiger partial charge is 0.258 e. The lowest BCUT2D eigenvalue weighted by molar-refractivity contribution is 0.0666. The minimum atomic E-state index is -0.640. The molecule has 0 amide bonds. The first kappa shape index (κ1) is 19.1. The molecule has 0 aliphatic rings. The van der Waals surface area contributed by atoms with E-state index in [-0.39, 0.29) is 12.2 Å². The molecule has 27 heavy (non-hydrogen) atoms. The van der Waals surface area contributed by atoms with Gasteiger partial charge in [0, 0.05) is 6.54 Å². The van der Waals surface area contributed by atoms with Gasteiger partial charge in [0.05, 0.1) is 17.4 Å². The van der Waals surface area contributed by atoms with Gasteiger partial charge in [-0.2, -0.15) is 0 Å². The molecule has 2 N–H and O–H groups in total. The number of aryl methyl sites for hydroxylation is 1. The molecule has 3 aromatic rings. The molecule has 0 aliphatic carbocycles. The number of benzene rings is 2. The fourth-order valence-electron chi connectivity index (χ4n) is 2.90. The summed E-state index contributed by atoms with van der Waals surface area (Å²) < 4.78 is 5.65. The maximum atomic E-state index is 12.2.